The topological polar surface area (TPSA) is 121 Å². The molecule has 2 aromatic carbocycles. The molecule has 0 spiro atoms. The van der Waals surface area contributed by atoms with Crippen LogP contribution in [-0.2, 0) is 14.6 Å². The van der Waals surface area contributed by atoms with E-state index in [2.05, 4.69) is 15.6 Å². The number of morpholine rings is 1. The third-order valence-corrected chi connectivity index (χ3v) is 6.99. The average molecular weight is 448 g/mol. The molecule has 1 aliphatic heterocycles. The molecule has 11 heteroatoms. The molecule has 30 heavy (non-hydrogen) atoms. The van der Waals surface area contributed by atoms with Crippen molar-refractivity contribution in [3.05, 3.63) is 53.7 Å². The van der Waals surface area contributed by atoms with E-state index in [-0.39, 0.29) is 29.2 Å². The van der Waals surface area contributed by atoms with Crippen LogP contribution in [0.4, 0.5) is 11.4 Å². The van der Waals surface area contributed by atoms with Gasteiger partial charge < -0.3 is 25.4 Å². The minimum Gasteiger partial charge on any atom is -0.423 e. The standard InChI is InChI=1S/C19H19BClN3O5S/c21-12-5-6-15-13(9-12)19(24-16-4-2-1-3-14(16)20(25)26)17(10-23-15)30(27,28)18-11-22-7-8-29-18/h1-6,9-10,18,22,25-26H,7-8,11H2,(H,23,24). The minimum absolute atomic E-state index is 0.0619. The molecule has 0 aliphatic carbocycles. The van der Waals surface area contributed by atoms with E-state index in [0.717, 1.165) is 0 Å². The Bertz CT molecular complexity index is 1190. The molecule has 1 aromatic heterocycles. The predicted molar refractivity (Wildman–Crippen MR) is 116 cm³/mol. The largest absolute Gasteiger partial charge is 0.490 e. The van der Waals surface area contributed by atoms with Crippen LogP contribution in [0.15, 0.2) is 53.6 Å². The van der Waals surface area contributed by atoms with E-state index in [1.54, 1.807) is 36.4 Å². The molecule has 0 radical (unpaired) electrons. The number of aromatic nitrogens is 1. The molecule has 3 aromatic rings. The number of halogens is 1. The molecule has 1 unspecified atom stereocenters. The molecule has 2 heterocycles. The molecular formula is C19H19BClN3O5S. The van der Waals surface area contributed by atoms with E-state index in [0.29, 0.717) is 28.2 Å². The molecule has 1 aliphatic rings. The number of sulfone groups is 1. The molecule has 1 fully saturated rings. The van der Waals surface area contributed by atoms with Crippen LogP contribution in [0.25, 0.3) is 10.9 Å². The second-order valence-electron chi connectivity index (χ2n) is 6.79. The van der Waals surface area contributed by atoms with Gasteiger partial charge in [-0.05, 0) is 24.3 Å². The van der Waals surface area contributed by atoms with Crippen molar-refractivity contribution >= 4 is 56.3 Å². The van der Waals surface area contributed by atoms with Gasteiger partial charge >= 0.3 is 7.12 Å². The summed E-state index contributed by atoms with van der Waals surface area (Å²) >= 11 is 6.17. The zero-order valence-corrected chi connectivity index (χ0v) is 17.3. The monoisotopic (exact) mass is 447 g/mol. The number of ether oxygens (including phenoxy) is 1. The van der Waals surface area contributed by atoms with Crippen molar-refractivity contribution in [1.82, 2.24) is 10.3 Å². The normalized spacial score (nSPS) is 17.1. The Balaban J connectivity index is 1.92. The smallest absolute Gasteiger partial charge is 0.423 e. The lowest BCUT2D eigenvalue weighted by Crippen LogP contribution is -2.43. The molecule has 1 atom stereocenters. The van der Waals surface area contributed by atoms with Crippen LogP contribution < -0.4 is 16.1 Å². The summed E-state index contributed by atoms with van der Waals surface area (Å²) in [6.07, 6.45) is 1.28. The van der Waals surface area contributed by atoms with E-state index < -0.39 is 22.4 Å². The highest BCUT2D eigenvalue weighted by Gasteiger charge is 2.33. The summed E-state index contributed by atoms with van der Waals surface area (Å²) in [4.78, 5) is 4.23. The highest BCUT2D eigenvalue weighted by Crippen LogP contribution is 2.35. The first kappa shape index (κ1) is 21.0. The molecule has 0 saturated carbocycles. The fourth-order valence-corrected chi connectivity index (χ4v) is 5.06. The van der Waals surface area contributed by atoms with Gasteiger partial charge in [-0.25, -0.2) is 8.42 Å². The van der Waals surface area contributed by atoms with Gasteiger partial charge in [-0.3, -0.25) is 4.98 Å². The van der Waals surface area contributed by atoms with Gasteiger partial charge in [0.25, 0.3) is 0 Å². The molecular weight excluding hydrogens is 429 g/mol. The summed E-state index contributed by atoms with van der Waals surface area (Å²) in [6, 6.07) is 11.5. The number of nitrogens with zero attached hydrogens (tertiary/aromatic N) is 1. The lowest BCUT2D eigenvalue weighted by molar-refractivity contribution is 0.0785. The molecule has 8 nitrogen and oxygen atoms in total. The summed E-state index contributed by atoms with van der Waals surface area (Å²) in [5.41, 5.74) is 0.252. The number of hydrogen-bond donors (Lipinski definition) is 4. The zero-order valence-electron chi connectivity index (χ0n) is 15.7. The highest BCUT2D eigenvalue weighted by atomic mass is 35.5. The van der Waals surface area contributed by atoms with Crippen molar-refractivity contribution in [2.75, 3.05) is 25.0 Å². The number of anilines is 2. The second kappa shape index (κ2) is 8.50. The molecule has 4 rings (SSSR count). The van der Waals surface area contributed by atoms with Crippen LogP contribution >= 0.6 is 11.6 Å². The summed E-state index contributed by atoms with van der Waals surface area (Å²) in [5.74, 6) is 0. The number of hydrogen-bond acceptors (Lipinski definition) is 8. The first-order valence-electron chi connectivity index (χ1n) is 9.24. The number of benzene rings is 2. The van der Waals surface area contributed by atoms with Gasteiger partial charge in [-0.1, -0.05) is 29.8 Å². The SMILES string of the molecule is O=S(=O)(c1cnc2ccc(Cl)cc2c1Nc1ccccc1B(O)O)C1CNCCO1. The van der Waals surface area contributed by atoms with Gasteiger partial charge in [0.1, 0.15) is 4.90 Å². The Morgan fingerprint density at radius 1 is 1.23 bits per heavy atom. The van der Waals surface area contributed by atoms with Gasteiger partial charge in [-0.2, -0.15) is 0 Å². The quantitative estimate of drug-likeness (QED) is 0.428. The maximum atomic E-state index is 13.4. The summed E-state index contributed by atoms with van der Waals surface area (Å²) < 4.78 is 32.2. The average Bonchev–Trinajstić information content (AvgIpc) is 2.75. The molecule has 0 amide bonds. The molecule has 156 valence electrons. The fourth-order valence-electron chi connectivity index (χ4n) is 3.34. The summed E-state index contributed by atoms with van der Waals surface area (Å²) in [5, 5.41) is 26.4. The second-order valence-corrected chi connectivity index (χ2v) is 9.29. The van der Waals surface area contributed by atoms with Crippen LogP contribution in [0.3, 0.4) is 0 Å². The number of fused-ring (bicyclic) bond motifs is 1. The van der Waals surface area contributed by atoms with Crippen LogP contribution in [0.5, 0.6) is 0 Å². The van der Waals surface area contributed by atoms with E-state index >= 15 is 0 Å². The zero-order chi connectivity index (χ0) is 21.3. The van der Waals surface area contributed by atoms with Crippen LogP contribution in [0.2, 0.25) is 5.02 Å². The number of nitrogens with one attached hydrogen (secondary N) is 2. The van der Waals surface area contributed by atoms with Crippen molar-refractivity contribution in [1.29, 1.82) is 0 Å². The van der Waals surface area contributed by atoms with E-state index in [9.17, 15) is 18.5 Å². The van der Waals surface area contributed by atoms with Crippen LogP contribution in [0.1, 0.15) is 0 Å². The molecule has 1 saturated heterocycles. The highest BCUT2D eigenvalue weighted by molar-refractivity contribution is 7.92. The first-order valence-corrected chi connectivity index (χ1v) is 11.2. The predicted octanol–water partition coefficient (Wildman–Crippen LogP) is 1.03. The van der Waals surface area contributed by atoms with Crippen molar-refractivity contribution in [3.63, 3.8) is 0 Å². The Morgan fingerprint density at radius 3 is 2.77 bits per heavy atom. The van der Waals surface area contributed by atoms with E-state index in [1.165, 1.54) is 12.3 Å². The fraction of sp³-hybridized carbons (Fsp3) is 0.211. The van der Waals surface area contributed by atoms with Crippen molar-refractivity contribution in [3.8, 4) is 0 Å². The van der Waals surface area contributed by atoms with Gasteiger partial charge in [0.15, 0.2) is 5.44 Å². The lowest BCUT2D eigenvalue weighted by atomic mass is 9.79. The van der Waals surface area contributed by atoms with Gasteiger partial charge in [0.2, 0.25) is 9.84 Å². The third kappa shape index (κ3) is 4.02. The van der Waals surface area contributed by atoms with Gasteiger partial charge in [0, 0.05) is 40.8 Å². The number of pyridine rings is 1. The maximum absolute atomic E-state index is 13.4. The maximum Gasteiger partial charge on any atom is 0.490 e. The van der Waals surface area contributed by atoms with Gasteiger partial charge in [0.05, 0.1) is 17.8 Å². The number of para-hydroxylation sites is 1. The van der Waals surface area contributed by atoms with Crippen LogP contribution in [0, 0.1) is 0 Å². The van der Waals surface area contributed by atoms with Gasteiger partial charge in [-0.15, -0.1) is 0 Å². The Morgan fingerprint density at radius 2 is 2.03 bits per heavy atom. The number of rotatable bonds is 5. The van der Waals surface area contributed by atoms with Crippen LogP contribution in [-0.4, -0.2) is 55.7 Å². The van der Waals surface area contributed by atoms with Crippen molar-refractivity contribution in [2.45, 2.75) is 10.3 Å². The lowest BCUT2D eigenvalue weighted by Gasteiger charge is -2.25. The van der Waals surface area contributed by atoms with E-state index in [1.807, 2.05) is 0 Å². The molecule has 0 bridgehead atoms. The van der Waals surface area contributed by atoms with Crippen molar-refractivity contribution in [2.24, 2.45) is 0 Å². The van der Waals surface area contributed by atoms with Crippen molar-refractivity contribution < 1.29 is 23.2 Å². The summed E-state index contributed by atoms with van der Waals surface area (Å²) in [7, 11) is -5.67. The Hall–Kier alpha value is -2.21. The first-order chi connectivity index (χ1) is 14.4. The molecule has 4 N–H and O–H groups in total. The Kier molecular flexibility index (Phi) is 5.96. The summed E-state index contributed by atoms with van der Waals surface area (Å²) in [6.45, 7) is 1.00. The van der Waals surface area contributed by atoms with E-state index in [4.69, 9.17) is 16.3 Å². The Labute approximate surface area is 178 Å². The minimum atomic E-state index is -3.93. The third-order valence-electron chi connectivity index (χ3n) is 4.84.